The predicted molar refractivity (Wildman–Crippen MR) is 109 cm³/mol. The van der Waals surface area contributed by atoms with Crippen LogP contribution < -0.4 is 5.32 Å². The van der Waals surface area contributed by atoms with Crippen molar-refractivity contribution in [3.05, 3.63) is 35.9 Å². The van der Waals surface area contributed by atoms with Crippen LogP contribution in [0, 0.1) is 0 Å². The van der Waals surface area contributed by atoms with E-state index in [2.05, 4.69) is 15.1 Å². The van der Waals surface area contributed by atoms with E-state index < -0.39 is 0 Å². The summed E-state index contributed by atoms with van der Waals surface area (Å²) in [5, 5.41) is 3.18. The quantitative estimate of drug-likeness (QED) is 0.810. The van der Waals surface area contributed by atoms with Gasteiger partial charge in [0.25, 0.3) is 0 Å². The van der Waals surface area contributed by atoms with Gasteiger partial charge in [0.15, 0.2) is 0 Å². The van der Waals surface area contributed by atoms with Gasteiger partial charge in [-0.3, -0.25) is 19.4 Å². The van der Waals surface area contributed by atoms with Gasteiger partial charge >= 0.3 is 0 Å². The monoisotopic (exact) mass is 384 g/mol. The first kappa shape index (κ1) is 19.4. The molecule has 28 heavy (non-hydrogen) atoms. The maximum Gasteiger partial charge on any atom is 0.242 e. The second kappa shape index (κ2) is 9.05. The van der Waals surface area contributed by atoms with E-state index in [1.807, 2.05) is 35.2 Å². The Hall–Kier alpha value is -1.92. The molecule has 1 aliphatic carbocycles. The highest BCUT2D eigenvalue weighted by Gasteiger charge is 2.34. The lowest BCUT2D eigenvalue weighted by Gasteiger charge is -2.39. The van der Waals surface area contributed by atoms with Crippen molar-refractivity contribution in [1.29, 1.82) is 0 Å². The standard InChI is InChI=1S/C22H32N4O2/c27-20(25-11-5-2-6-12-25)17-24-13-15-26(16-14-24)21(18-7-3-1-4-8-18)22(28)23-19-9-10-19/h1,3-4,7-8,19,21H,2,5-6,9-17H2,(H,23,28). The van der Waals surface area contributed by atoms with E-state index in [1.165, 1.54) is 6.42 Å². The largest absolute Gasteiger partial charge is 0.352 e. The highest BCUT2D eigenvalue weighted by Crippen LogP contribution is 2.26. The Kier molecular flexibility index (Phi) is 6.27. The Morgan fingerprint density at radius 2 is 1.61 bits per heavy atom. The highest BCUT2D eigenvalue weighted by atomic mass is 16.2. The summed E-state index contributed by atoms with van der Waals surface area (Å²) in [6.07, 6.45) is 5.70. The third-order valence-electron chi connectivity index (χ3n) is 6.13. The van der Waals surface area contributed by atoms with Gasteiger partial charge in [0, 0.05) is 45.3 Å². The first-order valence-electron chi connectivity index (χ1n) is 10.8. The lowest BCUT2D eigenvalue weighted by Crippen LogP contribution is -2.53. The maximum atomic E-state index is 12.9. The molecule has 0 spiro atoms. The van der Waals surface area contributed by atoms with Gasteiger partial charge in [-0.1, -0.05) is 30.3 Å². The van der Waals surface area contributed by atoms with Crippen molar-refractivity contribution in [2.75, 3.05) is 45.8 Å². The number of benzene rings is 1. The molecular formula is C22H32N4O2. The fraction of sp³-hybridized carbons (Fsp3) is 0.636. The molecule has 3 aliphatic rings. The van der Waals surface area contributed by atoms with E-state index in [0.29, 0.717) is 12.6 Å². The smallest absolute Gasteiger partial charge is 0.242 e. The second-order valence-corrected chi connectivity index (χ2v) is 8.35. The van der Waals surface area contributed by atoms with Gasteiger partial charge in [-0.2, -0.15) is 0 Å². The summed E-state index contributed by atoms with van der Waals surface area (Å²) < 4.78 is 0. The zero-order valence-electron chi connectivity index (χ0n) is 16.7. The Morgan fingerprint density at radius 1 is 0.929 bits per heavy atom. The van der Waals surface area contributed by atoms with E-state index in [9.17, 15) is 9.59 Å². The minimum Gasteiger partial charge on any atom is -0.352 e. The van der Waals surface area contributed by atoms with Crippen molar-refractivity contribution < 1.29 is 9.59 Å². The molecule has 2 saturated heterocycles. The molecule has 1 unspecified atom stereocenters. The molecule has 2 amide bonds. The fourth-order valence-electron chi connectivity index (χ4n) is 4.29. The van der Waals surface area contributed by atoms with Crippen molar-refractivity contribution >= 4 is 11.8 Å². The zero-order chi connectivity index (χ0) is 19.3. The SMILES string of the molecule is O=C(NC1CC1)C(c1ccccc1)N1CCN(CC(=O)N2CCCCC2)CC1. The molecule has 4 rings (SSSR count). The fourth-order valence-corrected chi connectivity index (χ4v) is 4.29. The zero-order valence-corrected chi connectivity index (χ0v) is 16.7. The predicted octanol–water partition coefficient (Wildman–Crippen LogP) is 1.64. The lowest BCUT2D eigenvalue weighted by molar-refractivity contribution is -0.134. The van der Waals surface area contributed by atoms with Gasteiger partial charge < -0.3 is 10.2 Å². The molecule has 2 aliphatic heterocycles. The molecule has 0 bridgehead atoms. The number of hydrogen-bond acceptors (Lipinski definition) is 4. The minimum absolute atomic E-state index is 0.117. The van der Waals surface area contributed by atoms with Crippen molar-refractivity contribution in [2.45, 2.75) is 44.2 Å². The van der Waals surface area contributed by atoms with Crippen molar-refractivity contribution in [3.63, 3.8) is 0 Å². The van der Waals surface area contributed by atoms with Crippen LogP contribution in [0.5, 0.6) is 0 Å². The first-order valence-corrected chi connectivity index (χ1v) is 10.8. The third kappa shape index (κ3) is 4.92. The Bertz CT molecular complexity index is 662. The number of carbonyl (C=O) groups excluding carboxylic acids is 2. The summed E-state index contributed by atoms with van der Waals surface area (Å²) in [6, 6.07) is 10.2. The van der Waals surface area contributed by atoms with Gasteiger partial charge in [-0.15, -0.1) is 0 Å². The molecule has 1 atom stereocenters. The number of amides is 2. The van der Waals surface area contributed by atoms with Crippen LogP contribution in [0.1, 0.15) is 43.7 Å². The number of likely N-dealkylation sites (tertiary alicyclic amines) is 1. The number of carbonyl (C=O) groups is 2. The van der Waals surface area contributed by atoms with Crippen molar-refractivity contribution in [2.24, 2.45) is 0 Å². The number of piperidine rings is 1. The average molecular weight is 385 g/mol. The van der Waals surface area contributed by atoms with Gasteiger partial charge in [0.05, 0.1) is 6.54 Å². The molecule has 2 heterocycles. The number of rotatable bonds is 6. The topological polar surface area (TPSA) is 55.9 Å². The molecule has 1 N–H and O–H groups in total. The van der Waals surface area contributed by atoms with Crippen LogP contribution in [0.25, 0.3) is 0 Å². The normalized spacial score (nSPS) is 22.6. The van der Waals surface area contributed by atoms with E-state index >= 15 is 0 Å². The van der Waals surface area contributed by atoms with Crippen LogP contribution in [-0.4, -0.2) is 78.4 Å². The highest BCUT2D eigenvalue weighted by molar-refractivity contribution is 5.83. The summed E-state index contributed by atoms with van der Waals surface area (Å²) in [7, 11) is 0. The Morgan fingerprint density at radius 3 is 2.25 bits per heavy atom. The molecular weight excluding hydrogens is 352 g/mol. The molecule has 3 fully saturated rings. The summed E-state index contributed by atoms with van der Waals surface area (Å²) in [4.78, 5) is 32.0. The molecule has 1 aromatic carbocycles. The molecule has 6 heteroatoms. The lowest BCUT2D eigenvalue weighted by atomic mass is 10.0. The number of nitrogens with zero attached hydrogens (tertiary/aromatic N) is 3. The Labute approximate surface area is 167 Å². The maximum absolute atomic E-state index is 12.9. The van der Waals surface area contributed by atoms with Gasteiger partial charge in [0.2, 0.25) is 11.8 Å². The Balaban J connectivity index is 1.34. The number of hydrogen-bond donors (Lipinski definition) is 1. The van der Waals surface area contributed by atoms with Gasteiger partial charge in [-0.25, -0.2) is 0 Å². The molecule has 152 valence electrons. The van der Waals surface area contributed by atoms with Crippen LogP contribution in [0.3, 0.4) is 0 Å². The van der Waals surface area contributed by atoms with Gasteiger partial charge in [-0.05, 0) is 37.7 Å². The molecule has 1 saturated carbocycles. The van der Waals surface area contributed by atoms with E-state index in [4.69, 9.17) is 0 Å². The summed E-state index contributed by atoms with van der Waals surface area (Å²) in [5.41, 5.74) is 1.05. The van der Waals surface area contributed by atoms with E-state index in [0.717, 1.165) is 70.5 Å². The van der Waals surface area contributed by atoms with Crippen molar-refractivity contribution in [3.8, 4) is 0 Å². The first-order chi connectivity index (χ1) is 13.7. The third-order valence-corrected chi connectivity index (χ3v) is 6.13. The summed E-state index contributed by atoms with van der Waals surface area (Å²) in [5.74, 6) is 0.380. The van der Waals surface area contributed by atoms with Crippen LogP contribution in [0.2, 0.25) is 0 Å². The van der Waals surface area contributed by atoms with E-state index in [-0.39, 0.29) is 17.9 Å². The molecule has 1 aromatic rings. The molecule has 0 radical (unpaired) electrons. The van der Waals surface area contributed by atoms with Crippen LogP contribution in [-0.2, 0) is 9.59 Å². The van der Waals surface area contributed by atoms with Crippen molar-refractivity contribution in [1.82, 2.24) is 20.0 Å². The summed E-state index contributed by atoms with van der Waals surface area (Å²) in [6.45, 7) is 5.62. The van der Waals surface area contributed by atoms with Crippen LogP contribution in [0.15, 0.2) is 30.3 Å². The molecule has 0 aromatic heterocycles. The minimum atomic E-state index is -0.234. The van der Waals surface area contributed by atoms with Gasteiger partial charge in [0.1, 0.15) is 6.04 Å². The number of piperazine rings is 1. The summed E-state index contributed by atoms with van der Waals surface area (Å²) >= 11 is 0. The van der Waals surface area contributed by atoms with E-state index in [1.54, 1.807) is 0 Å². The second-order valence-electron chi connectivity index (χ2n) is 8.35. The average Bonchev–Trinajstić information content (AvgIpc) is 3.55. The molecule has 6 nitrogen and oxygen atoms in total. The van der Waals surface area contributed by atoms with Crippen LogP contribution >= 0.6 is 0 Å². The van der Waals surface area contributed by atoms with Crippen LogP contribution in [0.4, 0.5) is 0 Å². The number of nitrogens with one attached hydrogen (secondary N) is 1.